The van der Waals surface area contributed by atoms with Crippen LogP contribution >= 0.6 is 0 Å². The predicted octanol–water partition coefficient (Wildman–Crippen LogP) is 4.31. The first-order valence-electron chi connectivity index (χ1n) is 12.0. The molecular weight excluding hydrogens is 518 g/mol. The van der Waals surface area contributed by atoms with Crippen molar-refractivity contribution < 1.29 is 27.5 Å². The second-order valence-electron chi connectivity index (χ2n) is 9.04. The lowest BCUT2D eigenvalue weighted by Gasteiger charge is -2.26. The number of nitrogens with one attached hydrogen (secondary N) is 1. The van der Waals surface area contributed by atoms with Crippen molar-refractivity contribution in [3.05, 3.63) is 72.1 Å². The summed E-state index contributed by atoms with van der Waals surface area (Å²) < 4.78 is 57.8. The van der Waals surface area contributed by atoms with Gasteiger partial charge in [-0.2, -0.15) is 18.3 Å². The SMILES string of the molecule is Cn1ccc(-c2cnc(N3CCC[C@@H]3CO)c(NC(=O)c3cc(-c4ncccn4)c(C(F)(F)F)cc3F)c2)n1. The Kier molecular flexibility index (Phi) is 7.00. The summed E-state index contributed by atoms with van der Waals surface area (Å²) in [5.74, 6) is -2.30. The second kappa shape index (κ2) is 10.4. The molecule has 1 aliphatic rings. The molecule has 3 aromatic heterocycles. The Hall–Kier alpha value is -4.39. The fourth-order valence-electron chi connectivity index (χ4n) is 4.59. The minimum Gasteiger partial charge on any atom is -0.394 e. The number of aliphatic hydroxyl groups excluding tert-OH is 1. The third-order valence-corrected chi connectivity index (χ3v) is 6.45. The molecule has 0 aliphatic carbocycles. The summed E-state index contributed by atoms with van der Waals surface area (Å²) in [6, 6.07) is 5.61. The van der Waals surface area contributed by atoms with E-state index in [1.165, 1.54) is 18.5 Å². The molecule has 4 heterocycles. The number of aliphatic hydroxyl groups is 1. The normalized spacial score (nSPS) is 15.5. The van der Waals surface area contributed by atoms with Crippen LogP contribution in [0.5, 0.6) is 0 Å². The van der Waals surface area contributed by atoms with Crippen LogP contribution in [0.15, 0.2) is 55.1 Å². The summed E-state index contributed by atoms with van der Waals surface area (Å²) in [7, 11) is 1.74. The summed E-state index contributed by atoms with van der Waals surface area (Å²) in [5.41, 5.74) is -1.14. The van der Waals surface area contributed by atoms with Gasteiger partial charge in [0.15, 0.2) is 11.6 Å². The molecule has 0 bridgehead atoms. The number of hydrogen-bond donors (Lipinski definition) is 2. The number of rotatable bonds is 6. The van der Waals surface area contributed by atoms with Gasteiger partial charge >= 0.3 is 6.18 Å². The Morgan fingerprint density at radius 1 is 1.18 bits per heavy atom. The number of anilines is 2. The van der Waals surface area contributed by atoms with Crippen LogP contribution in [-0.4, -0.2) is 54.9 Å². The molecule has 202 valence electrons. The highest BCUT2D eigenvalue weighted by Crippen LogP contribution is 2.38. The van der Waals surface area contributed by atoms with E-state index in [4.69, 9.17) is 0 Å². The molecule has 1 aliphatic heterocycles. The standard InChI is InChI=1S/C26H23F4N7O2/c1-36-9-5-21(35-36)15-10-22(24(33-13-15)37-8-2-4-16(37)14-38)34-25(39)18-11-17(23-31-6-3-7-32-23)19(12-20(18)27)26(28,29)30/h3,5-7,9-13,16,38H,2,4,8,14H2,1H3,(H,34,39)/t16-/m1/s1. The number of hydrogen-bond acceptors (Lipinski definition) is 7. The van der Waals surface area contributed by atoms with Crippen LogP contribution in [-0.2, 0) is 13.2 Å². The van der Waals surface area contributed by atoms with Crippen LogP contribution in [0.2, 0.25) is 0 Å². The van der Waals surface area contributed by atoms with Crippen molar-refractivity contribution in [3.63, 3.8) is 0 Å². The maximum absolute atomic E-state index is 15.0. The summed E-state index contributed by atoms with van der Waals surface area (Å²) in [6.07, 6.45) is 2.39. The molecule has 1 saturated heterocycles. The van der Waals surface area contributed by atoms with E-state index in [9.17, 15) is 23.1 Å². The topological polar surface area (TPSA) is 109 Å². The Bertz CT molecular complexity index is 1510. The van der Waals surface area contributed by atoms with Crippen molar-refractivity contribution in [1.82, 2.24) is 24.7 Å². The van der Waals surface area contributed by atoms with Gasteiger partial charge in [0.25, 0.3) is 5.91 Å². The molecule has 13 heteroatoms. The Morgan fingerprint density at radius 3 is 2.62 bits per heavy atom. The number of benzene rings is 1. The van der Waals surface area contributed by atoms with E-state index in [1.807, 2.05) is 4.90 Å². The van der Waals surface area contributed by atoms with E-state index in [0.717, 1.165) is 12.5 Å². The molecule has 9 nitrogen and oxygen atoms in total. The van der Waals surface area contributed by atoms with Gasteiger partial charge in [0.1, 0.15) is 5.82 Å². The number of nitrogens with zero attached hydrogens (tertiary/aromatic N) is 6. The zero-order valence-electron chi connectivity index (χ0n) is 20.7. The lowest BCUT2D eigenvalue weighted by Crippen LogP contribution is -2.33. The maximum Gasteiger partial charge on any atom is 0.417 e. The fourth-order valence-corrected chi connectivity index (χ4v) is 4.59. The number of alkyl halides is 3. The molecule has 39 heavy (non-hydrogen) atoms. The predicted molar refractivity (Wildman–Crippen MR) is 134 cm³/mol. The van der Waals surface area contributed by atoms with Crippen LogP contribution < -0.4 is 10.2 Å². The van der Waals surface area contributed by atoms with Crippen LogP contribution in [0.1, 0.15) is 28.8 Å². The molecule has 1 fully saturated rings. The molecule has 0 unspecified atom stereocenters. The average Bonchev–Trinajstić information content (AvgIpc) is 3.57. The molecule has 5 rings (SSSR count). The highest BCUT2D eigenvalue weighted by atomic mass is 19.4. The summed E-state index contributed by atoms with van der Waals surface area (Å²) >= 11 is 0. The van der Waals surface area contributed by atoms with Gasteiger partial charge in [0.05, 0.1) is 35.2 Å². The number of aromatic nitrogens is 5. The van der Waals surface area contributed by atoms with E-state index in [0.29, 0.717) is 30.0 Å². The monoisotopic (exact) mass is 541 g/mol. The minimum atomic E-state index is -4.91. The molecule has 1 amide bonds. The first-order valence-corrected chi connectivity index (χ1v) is 12.0. The number of carbonyl (C=O) groups is 1. The lowest BCUT2D eigenvalue weighted by molar-refractivity contribution is -0.137. The largest absolute Gasteiger partial charge is 0.417 e. The molecule has 4 aromatic rings. The van der Waals surface area contributed by atoms with Crippen molar-refractivity contribution in [3.8, 4) is 22.6 Å². The van der Waals surface area contributed by atoms with Crippen LogP contribution in [0.3, 0.4) is 0 Å². The van der Waals surface area contributed by atoms with Gasteiger partial charge in [-0.05, 0) is 43.2 Å². The van der Waals surface area contributed by atoms with Crippen molar-refractivity contribution in [2.75, 3.05) is 23.4 Å². The average molecular weight is 542 g/mol. The van der Waals surface area contributed by atoms with Gasteiger partial charge in [-0.3, -0.25) is 9.48 Å². The highest BCUT2D eigenvalue weighted by molar-refractivity contribution is 6.07. The summed E-state index contributed by atoms with van der Waals surface area (Å²) in [5, 5.41) is 16.8. The third kappa shape index (κ3) is 5.30. The van der Waals surface area contributed by atoms with Crippen molar-refractivity contribution in [2.24, 2.45) is 7.05 Å². The van der Waals surface area contributed by atoms with Crippen molar-refractivity contribution in [2.45, 2.75) is 25.1 Å². The second-order valence-corrected chi connectivity index (χ2v) is 9.04. The summed E-state index contributed by atoms with van der Waals surface area (Å²) in [6.45, 7) is 0.430. The number of amides is 1. The van der Waals surface area contributed by atoms with Crippen molar-refractivity contribution in [1.29, 1.82) is 0 Å². The van der Waals surface area contributed by atoms with E-state index in [2.05, 4.69) is 25.4 Å². The van der Waals surface area contributed by atoms with Crippen LogP contribution in [0.4, 0.5) is 29.1 Å². The smallest absolute Gasteiger partial charge is 0.394 e. The van der Waals surface area contributed by atoms with E-state index >= 15 is 4.39 Å². The Labute approximate surface area is 220 Å². The molecule has 0 saturated carbocycles. The maximum atomic E-state index is 15.0. The number of halogens is 4. The van der Waals surface area contributed by atoms with Crippen LogP contribution in [0, 0.1) is 5.82 Å². The van der Waals surface area contributed by atoms with E-state index in [1.54, 1.807) is 36.3 Å². The number of pyridine rings is 1. The van der Waals surface area contributed by atoms with Gasteiger partial charge in [-0.25, -0.2) is 19.3 Å². The van der Waals surface area contributed by atoms with Gasteiger partial charge in [0, 0.05) is 49.5 Å². The Morgan fingerprint density at radius 2 is 1.95 bits per heavy atom. The van der Waals surface area contributed by atoms with E-state index < -0.39 is 34.6 Å². The quantitative estimate of drug-likeness (QED) is 0.350. The van der Waals surface area contributed by atoms with Gasteiger partial charge in [-0.1, -0.05) is 0 Å². The highest BCUT2D eigenvalue weighted by Gasteiger charge is 2.36. The first-order chi connectivity index (χ1) is 18.7. The van der Waals surface area contributed by atoms with Crippen molar-refractivity contribution >= 4 is 17.4 Å². The molecule has 1 aromatic carbocycles. The van der Waals surface area contributed by atoms with Gasteiger partial charge in [0.2, 0.25) is 0 Å². The molecule has 1 atom stereocenters. The van der Waals surface area contributed by atoms with E-state index in [-0.39, 0.29) is 30.2 Å². The van der Waals surface area contributed by atoms with Gasteiger partial charge in [-0.15, -0.1) is 0 Å². The first kappa shape index (κ1) is 26.2. The molecule has 2 N–H and O–H groups in total. The number of aryl methyl sites for hydroxylation is 1. The Balaban J connectivity index is 1.58. The van der Waals surface area contributed by atoms with Gasteiger partial charge < -0.3 is 15.3 Å². The zero-order chi connectivity index (χ0) is 27.7. The lowest BCUT2D eigenvalue weighted by atomic mass is 10.0. The minimum absolute atomic E-state index is 0.134. The summed E-state index contributed by atoms with van der Waals surface area (Å²) in [4.78, 5) is 27.4. The zero-order valence-corrected chi connectivity index (χ0v) is 20.7. The molecular formula is C26H23F4N7O2. The third-order valence-electron chi connectivity index (χ3n) is 6.45. The fraction of sp³-hybridized carbons (Fsp3) is 0.269. The van der Waals surface area contributed by atoms with Crippen LogP contribution in [0.25, 0.3) is 22.6 Å². The molecule has 0 spiro atoms. The molecule has 0 radical (unpaired) electrons. The number of carbonyl (C=O) groups excluding carboxylic acids is 1.